The van der Waals surface area contributed by atoms with Gasteiger partial charge in [-0.15, -0.1) is 0 Å². The van der Waals surface area contributed by atoms with E-state index in [2.05, 4.69) is 5.32 Å². The highest BCUT2D eigenvalue weighted by molar-refractivity contribution is 7.91. The number of hydrogen-bond acceptors (Lipinski definition) is 4. The van der Waals surface area contributed by atoms with Gasteiger partial charge in [0.2, 0.25) is 0 Å². The topological polar surface area (TPSA) is 70.0 Å². The normalized spacial score (nSPS) is 22.4. The van der Waals surface area contributed by atoms with E-state index < -0.39 is 32.4 Å². The molecule has 1 aromatic carbocycles. The Labute approximate surface area is 133 Å². The first kappa shape index (κ1) is 17.6. The van der Waals surface area contributed by atoms with E-state index >= 15 is 0 Å². The van der Waals surface area contributed by atoms with E-state index in [-0.39, 0.29) is 11.7 Å². The van der Waals surface area contributed by atoms with Gasteiger partial charge in [0.25, 0.3) is 0 Å². The molecule has 1 aliphatic rings. The lowest BCUT2D eigenvalue weighted by Crippen LogP contribution is -2.34. The maximum absolute atomic E-state index is 13.0. The minimum atomic E-state index is -4.61. The van der Waals surface area contributed by atoms with Crippen LogP contribution in [-0.2, 0) is 16.0 Å². The zero-order chi connectivity index (χ0) is 17.3. The molecule has 2 rings (SSSR count). The number of nitriles is 1. The Morgan fingerprint density at radius 1 is 1.30 bits per heavy atom. The second-order valence-electron chi connectivity index (χ2n) is 5.83. The zero-order valence-corrected chi connectivity index (χ0v) is 13.3. The molecule has 0 spiro atoms. The molecule has 4 nitrogen and oxygen atoms in total. The van der Waals surface area contributed by atoms with Gasteiger partial charge in [-0.25, -0.2) is 8.42 Å². The third kappa shape index (κ3) is 4.38. The summed E-state index contributed by atoms with van der Waals surface area (Å²) in [5.41, 5.74) is -1.17. The highest BCUT2D eigenvalue weighted by atomic mass is 32.2. The number of alkyl halides is 3. The molecule has 0 aliphatic heterocycles. The molecule has 0 saturated heterocycles. The summed E-state index contributed by atoms with van der Waals surface area (Å²) in [5, 5.41) is 11.3. The maximum Gasteiger partial charge on any atom is 0.417 e. The third-order valence-corrected chi connectivity index (χ3v) is 5.69. The van der Waals surface area contributed by atoms with Crippen LogP contribution in [0.5, 0.6) is 0 Å². The molecular formula is C15H17F3N2O2S. The number of benzene rings is 1. The molecule has 23 heavy (non-hydrogen) atoms. The fourth-order valence-electron chi connectivity index (χ4n) is 2.87. The molecule has 0 amide bonds. The largest absolute Gasteiger partial charge is 0.417 e. The minimum Gasteiger partial charge on any atom is -0.382 e. The average Bonchev–Trinajstić information content (AvgIpc) is 2.46. The summed E-state index contributed by atoms with van der Waals surface area (Å²) < 4.78 is 62.1. The van der Waals surface area contributed by atoms with E-state index in [0.717, 1.165) is 12.1 Å². The lowest BCUT2D eigenvalue weighted by molar-refractivity contribution is -0.137. The minimum absolute atomic E-state index is 0.197. The van der Waals surface area contributed by atoms with Crippen LogP contribution in [0.4, 0.5) is 18.9 Å². The van der Waals surface area contributed by atoms with Crippen molar-refractivity contribution in [2.24, 2.45) is 0 Å². The highest BCUT2D eigenvalue weighted by Gasteiger charge is 2.34. The summed E-state index contributed by atoms with van der Waals surface area (Å²) in [6.07, 6.45) is -1.06. The summed E-state index contributed by atoms with van der Waals surface area (Å²) in [6.45, 7) is 0. The Hall–Kier alpha value is -1.75. The number of sulfone groups is 1. The standard InChI is InChI=1S/C15H17F3N2O2S/c1-23(21,22)13-4-2-3-11(7-13)20-12-6-5-10(9-19)14(8-12)15(16,17)18/h5-6,8,11,13,20H,2-4,7H2,1H3. The molecule has 2 atom stereocenters. The molecule has 1 fully saturated rings. The summed E-state index contributed by atoms with van der Waals surface area (Å²) in [5.74, 6) is 0. The van der Waals surface area contributed by atoms with Crippen LogP contribution in [0.15, 0.2) is 18.2 Å². The van der Waals surface area contributed by atoms with Gasteiger partial charge in [-0.3, -0.25) is 0 Å². The van der Waals surface area contributed by atoms with E-state index in [1.54, 1.807) is 0 Å². The van der Waals surface area contributed by atoms with Crippen molar-refractivity contribution < 1.29 is 21.6 Å². The van der Waals surface area contributed by atoms with Gasteiger partial charge in [0, 0.05) is 18.0 Å². The Balaban J connectivity index is 2.19. The maximum atomic E-state index is 13.0. The summed E-state index contributed by atoms with van der Waals surface area (Å²) in [6, 6.07) is 4.78. The first-order valence-electron chi connectivity index (χ1n) is 7.18. The lowest BCUT2D eigenvalue weighted by Gasteiger charge is -2.29. The van der Waals surface area contributed by atoms with E-state index in [1.165, 1.54) is 18.4 Å². The Morgan fingerprint density at radius 3 is 2.57 bits per heavy atom. The van der Waals surface area contributed by atoms with Crippen molar-refractivity contribution >= 4 is 15.5 Å². The Kier molecular flexibility index (Phi) is 4.90. The predicted octanol–water partition coefficient (Wildman–Crippen LogP) is 3.34. The van der Waals surface area contributed by atoms with E-state index in [4.69, 9.17) is 5.26 Å². The highest BCUT2D eigenvalue weighted by Crippen LogP contribution is 2.34. The number of hydrogen-bond donors (Lipinski definition) is 1. The molecule has 1 N–H and O–H groups in total. The molecule has 1 saturated carbocycles. The summed E-state index contributed by atoms with van der Waals surface area (Å²) >= 11 is 0. The molecule has 1 aromatic rings. The monoisotopic (exact) mass is 346 g/mol. The first-order chi connectivity index (χ1) is 10.6. The number of anilines is 1. The average molecular weight is 346 g/mol. The molecule has 126 valence electrons. The van der Waals surface area contributed by atoms with Gasteiger partial charge in [-0.1, -0.05) is 6.42 Å². The van der Waals surface area contributed by atoms with E-state index in [9.17, 15) is 21.6 Å². The van der Waals surface area contributed by atoms with Crippen molar-refractivity contribution in [1.29, 1.82) is 5.26 Å². The van der Waals surface area contributed by atoms with Crippen molar-refractivity contribution in [3.05, 3.63) is 29.3 Å². The van der Waals surface area contributed by atoms with Crippen LogP contribution in [0.2, 0.25) is 0 Å². The van der Waals surface area contributed by atoms with Gasteiger partial charge in [0.1, 0.15) is 9.84 Å². The van der Waals surface area contributed by atoms with Crippen LogP contribution in [0.25, 0.3) is 0 Å². The van der Waals surface area contributed by atoms with Gasteiger partial charge in [-0.05, 0) is 37.5 Å². The molecule has 0 aromatic heterocycles. The first-order valence-corrected chi connectivity index (χ1v) is 9.13. The van der Waals surface area contributed by atoms with Crippen LogP contribution in [-0.4, -0.2) is 26.0 Å². The molecular weight excluding hydrogens is 329 g/mol. The van der Waals surface area contributed by atoms with Gasteiger partial charge >= 0.3 is 6.18 Å². The summed E-state index contributed by atoms with van der Waals surface area (Å²) in [4.78, 5) is 0. The van der Waals surface area contributed by atoms with Gasteiger partial charge < -0.3 is 5.32 Å². The van der Waals surface area contributed by atoms with Gasteiger partial charge in [0.15, 0.2) is 0 Å². The van der Waals surface area contributed by atoms with Crippen molar-refractivity contribution in [2.75, 3.05) is 11.6 Å². The van der Waals surface area contributed by atoms with Crippen LogP contribution in [0.1, 0.15) is 36.8 Å². The summed E-state index contributed by atoms with van der Waals surface area (Å²) in [7, 11) is -3.16. The molecule has 0 bridgehead atoms. The fourth-order valence-corrected chi connectivity index (χ4v) is 4.04. The third-order valence-electron chi connectivity index (χ3n) is 4.05. The Morgan fingerprint density at radius 2 is 2.00 bits per heavy atom. The van der Waals surface area contributed by atoms with Crippen molar-refractivity contribution in [1.82, 2.24) is 0 Å². The lowest BCUT2D eigenvalue weighted by atomic mass is 9.94. The SMILES string of the molecule is CS(=O)(=O)C1CCCC(Nc2ccc(C#N)c(C(F)(F)F)c2)C1. The van der Waals surface area contributed by atoms with Crippen molar-refractivity contribution in [3.63, 3.8) is 0 Å². The van der Waals surface area contributed by atoms with Crippen molar-refractivity contribution in [3.8, 4) is 6.07 Å². The zero-order valence-electron chi connectivity index (χ0n) is 12.5. The quantitative estimate of drug-likeness (QED) is 0.911. The van der Waals surface area contributed by atoms with Crippen LogP contribution >= 0.6 is 0 Å². The van der Waals surface area contributed by atoms with Crippen LogP contribution < -0.4 is 5.32 Å². The molecule has 8 heteroatoms. The van der Waals surface area contributed by atoms with Gasteiger partial charge in [0.05, 0.1) is 22.4 Å². The second-order valence-corrected chi connectivity index (χ2v) is 8.16. The van der Waals surface area contributed by atoms with Crippen LogP contribution in [0.3, 0.4) is 0 Å². The molecule has 1 aliphatic carbocycles. The number of rotatable bonds is 3. The smallest absolute Gasteiger partial charge is 0.382 e. The second kappa shape index (κ2) is 6.40. The molecule has 0 radical (unpaired) electrons. The van der Waals surface area contributed by atoms with Gasteiger partial charge in [-0.2, -0.15) is 18.4 Å². The Bertz CT molecular complexity index is 723. The fraction of sp³-hybridized carbons (Fsp3) is 0.533. The molecule has 0 heterocycles. The number of halogens is 3. The van der Waals surface area contributed by atoms with E-state index in [0.29, 0.717) is 25.7 Å². The van der Waals surface area contributed by atoms with E-state index in [1.807, 2.05) is 0 Å². The predicted molar refractivity (Wildman–Crippen MR) is 80.7 cm³/mol. The van der Waals surface area contributed by atoms with Crippen LogP contribution in [0, 0.1) is 11.3 Å². The molecule has 2 unspecified atom stereocenters. The van der Waals surface area contributed by atoms with Crippen molar-refractivity contribution in [2.45, 2.75) is 43.2 Å². The number of nitrogens with one attached hydrogen (secondary N) is 1. The number of nitrogens with zero attached hydrogens (tertiary/aromatic N) is 1.